The molecule has 1 aromatic carbocycles. The number of aryl methyl sites for hydroxylation is 2. The molecule has 0 unspecified atom stereocenters. The van der Waals surface area contributed by atoms with Crippen molar-refractivity contribution in [2.45, 2.75) is 18.9 Å². The Balaban J connectivity index is 2.01. The number of fused-ring (bicyclic) bond motifs is 1. The Labute approximate surface area is 116 Å². The lowest BCUT2D eigenvalue weighted by Gasteiger charge is -2.26. The second-order valence-corrected chi connectivity index (χ2v) is 5.12. The van der Waals surface area contributed by atoms with E-state index in [0.29, 0.717) is 5.82 Å². The summed E-state index contributed by atoms with van der Waals surface area (Å²) in [4.78, 5) is 16.5. The number of nitrogens with zero attached hydrogens (tertiary/aromatic N) is 4. The first-order chi connectivity index (χ1) is 9.59. The van der Waals surface area contributed by atoms with Crippen LogP contribution in [0.25, 0.3) is 0 Å². The van der Waals surface area contributed by atoms with E-state index in [-0.39, 0.29) is 11.9 Å². The van der Waals surface area contributed by atoms with Crippen LogP contribution in [0.3, 0.4) is 0 Å². The molecule has 0 fully saturated rings. The van der Waals surface area contributed by atoms with Crippen molar-refractivity contribution in [2.75, 3.05) is 11.9 Å². The number of nitro groups is 1. The number of aromatic nitrogens is 2. The van der Waals surface area contributed by atoms with Gasteiger partial charge in [0.05, 0.1) is 6.04 Å². The molecule has 0 radical (unpaired) electrons. The van der Waals surface area contributed by atoms with Crippen molar-refractivity contribution in [1.29, 1.82) is 0 Å². The molecule has 0 saturated heterocycles. The highest BCUT2D eigenvalue weighted by molar-refractivity contribution is 5.56. The molecule has 2 aromatic rings. The van der Waals surface area contributed by atoms with Gasteiger partial charge in [0, 0.05) is 14.1 Å². The molecule has 20 heavy (non-hydrogen) atoms. The second kappa shape index (κ2) is 4.63. The molecule has 0 spiro atoms. The standard InChI is InChI=1S/C14H16N4O2/c1-16-9-15-13(18(19)20)14(16)17(2)12-8-7-10-5-3-4-6-11(10)12/h3-6,9,12H,7-8H2,1-2H3/t12-/m1/s1. The van der Waals surface area contributed by atoms with E-state index in [1.807, 2.05) is 24.1 Å². The van der Waals surface area contributed by atoms with E-state index in [9.17, 15) is 10.1 Å². The maximum absolute atomic E-state index is 11.1. The van der Waals surface area contributed by atoms with Crippen LogP contribution in [0.5, 0.6) is 0 Å². The number of rotatable bonds is 3. The third-order valence-corrected chi connectivity index (χ3v) is 3.96. The Bertz CT molecular complexity index is 665. The lowest BCUT2D eigenvalue weighted by Crippen LogP contribution is -2.25. The van der Waals surface area contributed by atoms with Crippen LogP contribution in [0.15, 0.2) is 30.6 Å². The molecule has 0 bridgehead atoms. The second-order valence-electron chi connectivity index (χ2n) is 5.12. The molecule has 1 aliphatic rings. The SMILES string of the molecule is CN(c1c([N+](=O)[O-])ncn1C)[C@@H]1CCc2ccccc21. The molecule has 1 aromatic heterocycles. The highest BCUT2D eigenvalue weighted by Crippen LogP contribution is 2.39. The van der Waals surface area contributed by atoms with Gasteiger partial charge in [0.1, 0.15) is 0 Å². The number of hydrogen-bond acceptors (Lipinski definition) is 4. The van der Waals surface area contributed by atoms with Gasteiger partial charge in [-0.2, -0.15) is 0 Å². The van der Waals surface area contributed by atoms with Crippen LogP contribution < -0.4 is 4.90 Å². The predicted molar refractivity (Wildman–Crippen MR) is 75.8 cm³/mol. The van der Waals surface area contributed by atoms with Gasteiger partial charge in [0.25, 0.3) is 0 Å². The van der Waals surface area contributed by atoms with Gasteiger partial charge in [-0.3, -0.25) is 4.57 Å². The van der Waals surface area contributed by atoms with Crippen LogP contribution in [-0.2, 0) is 13.5 Å². The average molecular weight is 272 g/mol. The van der Waals surface area contributed by atoms with Crippen molar-refractivity contribution in [3.63, 3.8) is 0 Å². The van der Waals surface area contributed by atoms with E-state index < -0.39 is 4.92 Å². The van der Waals surface area contributed by atoms with Gasteiger partial charge in [0.2, 0.25) is 12.1 Å². The summed E-state index contributed by atoms with van der Waals surface area (Å²) >= 11 is 0. The Morgan fingerprint density at radius 3 is 2.95 bits per heavy atom. The molecule has 3 rings (SSSR count). The summed E-state index contributed by atoms with van der Waals surface area (Å²) in [6.45, 7) is 0. The molecular formula is C14H16N4O2. The van der Waals surface area contributed by atoms with Gasteiger partial charge in [-0.1, -0.05) is 24.3 Å². The Hall–Kier alpha value is -2.37. The molecular weight excluding hydrogens is 256 g/mol. The fraction of sp³-hybridized carbons (Fsp3) is 0.357. The van der Waals surface area contributed by atoms with Gasteiger partial charge in [0.15, 0.2) is 0 Å². The Morgan fingerprint density at radius 1 is 1.45 bits per heavy atom. The summed E-state index contributed by atoms with van der Waals surface area (Å²) in [6, 6.07) is 8.45. The van der Waals surface area contributed by atoms with Gasteiger partial charge >= 0.3 is 5.82 Å². The Kier molecular flexibility index (Phi) is 2.93. The molecule has 1 atom stereocenters. The first-order valence-electron chi connectivity index (χ1n) is 6.56. The number of hydrogen-bond donors (Lipinski definition) is 0. The van der Waals surface area contributed by atoms with Crippen LogP contribution in [-0.4, -0.2) is 21.5 Å². The summed E-state index contributed by atoms with van der Waals surface area (Å²) in [6.07, 6.45) is 3.47. The lowest BCUT2D eigenvalue weighted by atomic mass is 10.1. The third-order valence-electron chi connectivity index (χ3n) is 3.96. The van der Waals surface area contributed by atoms with Crippen molar-refractivity contribution >= 4 is 11.6 Å². The molecule has 0 N–H and O–H groups in total. The summed E-state index contributed by atoms with van der Waals surface area (Å²) < 4.78 is 1.71. The molecule has 1 heterocycles. The number of benzene rings is 1. The molecule has 104 valence electrons. The van der Waals surface area contributed by atoms with Crippen molar-refractivity contribution in [3.05, 3.63) is 51.8 Å². The highest BCUT2D eigenvalue weighted by atomic mass is 16.6. The van der Waals surface area contributed by atoms with Crippen molar-refractivity contribution in [3.8, 4) is 0 Å². The Morgan fingerprint density at radius 2 is 2.20 bits per heavy atom. The zero-order valence-corrected chi connectivity index (χ0v) is 11.5. The summed E-state index contributed by atoms with van der Waals surface area (Å²) in [5, 5.41) is 11.1. The minimum Gasteiger partial charge on any atom is -0.358 e. The average Bonchev–Trinajstić information content (AvgIpc) is 3.01. The predicted octanol–water partition coefficient (Wildman–Crippen LogP) is 2.45. The van der Waals surface area contributed by atoms with E-state index in [1.54, 1.807) is 11.6 Å². The van der Waals surface area contributed by atoms with Gasteiger partial charge in [-0.15, -0.1) is 0 Å². The van der Waals surface area contributed by atoms with Crippen LogP contribution in [0, 0.1) is 10.1 Å². The van der Waals surface area contributed by atoms with Crippen LogP contribution >= 0.6 is 0 Å². The van der Waals surface area contributed by atoms with Crippen molar-refractivity contribution < 1.29 is 4.92 Å². The van der Waals surface area contributed by atoms with Gasteiger partial charge in [-0.05, 0) is 33.9 Å². The first kappa shape index (κ1) is 12.7. The van der Waals surface area contributed by atoms with E-state index in [4.69, 9.17) is 0 Å². The van der Waals surface area contributed by atoms with Crippen molar-refractivity contribution in [2.24, 2.45) is 7.05 Å². The largest absolute Gasteiger partial charge is 0.406 e. The molecule has 6 heteroatoms. The highest BCUT2D eigenvalue weighted by Gasteiger charge is 2.32. The zero-order valence-electron chi connectivity index (χ0n) is 11.5. The molecule has 1 aliphatic carbocycles. The third kappa shape index (κ3) is 1.84. The van der Waals surface area contributed by atoms with Crippen LogP contribution in [0.4, 0.5) is 11.6 Å². The van der Waals surface area contributed by atoms with E-state index in [1.165, 1.54) is 17.5 Å². The first-order valence-corrected chi connectivity index (χ1v) is 6.56. The minimum atomic E-state index is -0.424. The van der Waals surface area contributed by atoms with E-state index in [2.05, 4.69) is 17.1 Å². The van der Waals surface area contributed by atoms with Crippen molar-refractivity contribution in [1.82, 2.24) is 9.55 Å². The quantitative estimate of drug-likeness (QED) is 0.636. The maximum atomic E-state index is 11.1. The van der Waals surface area contributed by atoms with E-state index >= 15 is 0 Å². The number of imidazole rings is 1. The molecule has 6 nitrogen and oxygen atoms in total. The topological polar surface area (TPSA) is 64.2 Å². The lowest BCUT2D eigenvalue weighted by molar-refractivity contribution is -0.388. The van der Waals surface area contributed by atoms with E-state index in [0.717, 1.165) is 12.8 Å². The minimum absolute atomic E-state index is 0.0839. The molecule has 0 amide bonds. The fourth-order valence-electron chi connectivity index (χ4n) is 3.03. The summed E-state index contributed by atoms with van der Waals surface area (Å²) in [7, 11) is 3.68. The van der Waals surface area contributed by atoms with Crippen LogP contribution in [0.2, 0.25) is 0 Å². The normalized spacial score (nSPS) is 17.0. The van der Waals surface area contributed by atoms with Crippen LogP contribution in [0.1, 0.15) is 23.6 Å². The maximum Gasteiger partial charge on any atom is 0.406 e. The summed E-state index contributed by atoms with van der Waals surface area (Å²) in [5.41, 5.74) is 2.58. The number of anilines is 1. The van der Waals surface area contributed by atoms with Gasteiger partial charge < -0.3 is 15.0 Å². The fourth-order valence-corrected chi connectivity index (χ4v) is 3.03. The molecule has 0 aliphatic heterocycles. The smallest absolute Gasteiger partial charge is 0.358 e. The summed E-state index contributed by atoms with van der Waals surface area (Å²) in [5.74, 6) is 0.469. The van der Waals surface area contributed by atoms with Gasteiger partial charge in [-0.25, -0.2) is 0 Å². The molecule has 0 saturated carbocycles. The zero-order chi connectivity index (χ0) is 14.3. The monoisotopic (exact) mass is 272 g/mol.